The summed E-state index contributed by atoms with van der Waals surface area (Å²) in [5.74, 6) is -1.10. The van der Waals surface area contributed by atoms with Crippen molar-refractivity contribution in [2.75, 3.05) is 6.61 Å². The molecule has 0 unspecified atom stereocenters. The van der Waals surface area contributed by atoms with Gasteiger partial charge in [-0.05, 0) is 6.92 Å². The molecule has 16 heavy (non-hydrogen) atoms. The summed E-state index contributed by atoms with van der Waals surface area (Å²) in [4.78, 5) is 10.7. The minimum Gasteiger partial charge on any atom is -0.479 e. The number of carboxylic acid groups (broad SMARTS) is 1. The average Bonchev–Trinajstić information content (AvgIpc) is 2.68. The lowest BCUT2D eigenvalue weighted by Gasteiger charge is -2.37. The summed E-state index contributed by atoms with van der Waals surface area (Å²) in [7, 11) is 0. The van der Waals surface area contributed by atoms with E-state index in [2.05, 4.69) is 0 Å². The summed E-state index contributed by atoms with van der Waals surface area (Å²) < 4.78 is 15.7. The minimum atomic E-state index is -1.10. The van der Waals surface area contributed by atoms with Crippen LogP contribution in [0.4, 0.5) is 0 Å². The topological polar surface area (TPSA) is 111 Å². The number of carbonyl (C=O) groups is 1. The Hall–Kier alpha value is -0.730. The second-order valence-electron chi connectivity index (χ2n) is 4.03. The van der Waals surface area contributed by atoms with Gasteiger partial charge in [-0.25, -0.2) is 4.79 Å². The van der Waals surface area contributed by atoms with Gasteiger partial charge in [0.05, 0.1) is 12.6 Å². The summed E-state index contributed by atoms with van der Waals surface area (Å²) in [6, 6.07) is -0.685. The van der Waals surface area contributed by atoms with Crippen molar-refractivity contribution in [2.45, 2.75) is 43.7 Å². The van der Waals surface area contributed by atoms with Crippen molar-refractivity contribution in [3.8, 4) is 0 Å². The highest BCUT2D eigenvalue weighted by molar-refractivity contribution is 5.71. The Kier molecular flexibility index (Phi) is 3.13. The highest BCUT2D eigenvalue weighted by atomic mass is 16.7. The van der Waals surface area contributed by atoms with Crippen LogP contribution < -0.4 is 5.73 Å². The van der Waals surface area contributed by atoms with Crippen LogP contribution in [0.3, 0.4) is 0 Å². The fourth-order valence-electron chi connectivity index (χ4n) is 1.88. The number of nitrogens with two attached hydrogens (primary N) is 1. The number of hydrogen-bond acceptors (Lipinski definition) is 6. The van der Waals surface area contributed by atoms with Crippen LogP contribution in [0.25, 0.3) is 0 Å². The molecule has 0 aromatic carbocycles. The molecule has 2 bridgehead atoms. The Balaban J connectivity index is 2.05. The van der Waals surface area contributed by atoms with Crippen molar-refractivity contribution in [2.24, 2.45) is 5.73 Å². The van der Waals surface area contributed by atoms with Gasteiger partial charge in [0.15, 0.2) is 12.4 Å². The van der Waals surface area contributed by atoms with Gasteiger partial charge in [-0.15, -0.1) is 0 Å². The summed E-state index contributed by atoms with van der Waals surface area (Å²) >= 11 is 0. The predicted molar refractivity (Wildman–Crippen MR) is 50.6 cm³/mol. The van der Waals surface area contributed by atoms with Crippen molar-refractivity contribution < 1.29 is 29.2 Å². The number of aliphatic hydroxyl groups excluding tert-OH is 1. The van der Waals surface area contributed by atoms with E-state index in [-0.39, 0.29) is 6.61 Å². The van der Waals surface area contributed by atoms with Crippen molar-refractivity contribution in [1.29, 1.82) is 0 Å². The first-order valence-corrected chi connectivity index (χ1v) is 5.09. The maximum Gasteiger partial charge on any atom is 0.332 e. The largest absolute Gasteiger partial charge is 0.479 e. The van der Waals surface area contributed by atoms with Crippen LogP contribution in [0.15, 0.2) is 0 Å². The SMILES string of the molecule is C[C@@H](O[C@@H]1[C@@H](N)[C@@H]2OC[C@@H](O2)[C@H]1O)C(=O)O. The van der Waals surface area contributed by atoms with Crippen LogP contribution in [0.2, 0.25) is 0 Å². The Bertz CT molecular complexity index is 269. The zero-order chi connectivity index (χ0) is 11.9. The summed E-state index contributed by atoms with van der Waals surface area (Å²) in [5, 5.41) is 18.6. The van der Waals surface area contributed by atoms with E-state index < -0.39 is 42.7 Å². The number of hydrogen-bond donors (Lipinski definition) is 3. The molecule has 0 aromatic heterocycles. The van der Waals surface area contributed by atoms with E-state index >= 15 is 0 Å². The Morgan fingerprint density at radius 2 is 2.31 bits per heavy atom. The number of carboxylic acids is 1. The second-order valence-corrected chi connectivity index (χ2v) is 4.03. The van der Waals surface area contributed by atoms with Crippen molar-refractivity contribution in [1.82, 2.24) is 0 Å². The van der Waals surface area contributed by atoms with E-state index in [1.807, 2.05) is 0 Å². The molecule has 2 aliphatic rings. The lowest BCUT2D eigenvalue weighted by molar-refractivity contribution is -0.207. The molecular weight excluding hydrogens is 218 g/mol. The number of aliphatic carboxylic acids is 1. The van der Waals surface area contributed by atoms with E-state index in [4.69, 9.17) is 25.1 Å². The highest BCUT2D eigenvalue weighted by Gasteiger charge is 2.50. The fraction of sp³-hybridized carbons (Fsp3) is 0.889. The first kappa shape index (κ1) is 11.7. The number of rotatable bonds is 3. The fourth-order valence-corrected chi connectivity index (χ4v) is 1.88. The maximum absolute atomic E-state index is 10.7. The number of aliphatic hydroxyl groups is 1. The van der Waals surface area contributed by atoms with Crippen molar-refractivity contribution in [3.05, 3.63) is 0 Å². The molecule has 0 saturated carbocycles. The molecular formula is C9H15NO6. The van der Waals surface area contributed by atoms with Gasteiger partial charge in [-0.1, -0.05) is 0 Å². The summed E-state index contributed by atoms with van der Waals surface area (Å²) in [5.41, 5.74) is 5.77. The van der Waals surface area contributed by atoms with E-state index in [0.29, 0.717) is 0 Å². The molecule has 92 valence electrons. The third-order valence-electron chi connectivity index (χ3n) is 2.85. The molecule has 7 heteroatoms. The van der Waals surface area contributed by atoms with E-state index in [1.54, 1.807) is 0 Å². The van der Waals surface area contributed by atoms with Crippen LogP contribution in [0.1, 0.15) is 6.92 Å². The molecule has 2 aliphatic heterocycles. The van der Waals surface area contributed by atoms with Gasteiger partial charge in [0, 0.05) is 0 Å². The molecule has 6 atom stereocenters. The Labute approximate surface area is 92.1 Å². The Morgan fingerprint density at radius 3 is 2.94 bits per heavy atom. The van der Waals surface area contributed by atoms with Gasteiger partial charge < -0.3 is 30.2 Å². The highest BCUT2D eigenvalue weighted by Crippen LogP contribution is 2.29. The lowest BCUT2D eigenvalue weighted by Crippen LogP contribution is -2.59. The lowest BCUT2D eigenvalue weighted by atomic mass is 9.99. The van der Waals surface area contributed by atoms with Crippen LogP contribution in [0, 0.1) is 0 Å². The second kappa shape index (κ2) is 4.27. The first-order valence-electron chi connectivity index (χ1n) is 5.09. The van der Waals surface area contributed by atoms with Crippen molar-refractivity contribution in [3.63, 3.8) is 0 Å². The van der Waals surface area contributed by atoms with E-state index in [0.717, 1.165) is 0 Å². The van der Waals surface area contributed by atoms with Gasteiger partial charge in [0.1, 0.15) is 18.3 Å². The molecule has 4 N–H and O–H groups in total. The van der Waals surface area contributed by atoms with E-state index in [9.17, 15) is 9.90 Å². The molecule has 0 amide bonds. The smallest absolute Gasteiger partial charge is 0.332 e. The first-order chi connectivity index (χ1) is 7.50. The number of ether oxygens (including phenoxy) is 3. The molecule has 2 saturated heterocycles. The third-order valence-corrected chi connectivity index (χ3v) is 2.85. The van der Waals surface area contributed by atoms with Crippen LogP contribution >= 0.6 is 0 Å². The normalized spacial score (nSPS) is 44.3. The van der Waals surface area contributed by atoms with Crippen LogP contribution in [-0.4, -0.2) is 59.5 Å². The molecule has 0 radical (unpaired) electrons. The minimum absolute atomic E-state index is 0.251. The van der Waals surface area contributed by atoms with Gasteiger partial charge in [0.25, 0.3) is 0 Å². The molecule has 0 aliphatic carbocycles. The van der Waals surface area contributed by atoms with Crippen LogP contribution in [-0.2, 0) is 19.0 Å². The zero-order valence-electron chi connectivity index (χ0n) is 8.78. The van der Waals surface area contributed by atoms with Gasteiger partial charge in [-0.2, -0.15) is 0 Å². The molecule has 0 aromatic rings. The van der Waals surface area contributed by atoms with Crippen LogP contribution in [0.5, 0.6) is 0 Å². The molecule has 2 rings (SSSR count). The molecule has 2 heterocycles. The molecule has 2 fully saturated rings. The average molecular weight is 233 g/mol. The predicted octanol–water partition coefficient (Wildman–Crippen LogP) is -1.71. The monoisotopic (exact) mass is 233 g/mol. The Morgan fingerprint density at radius 1 is 1.62 bits per heavy atom. The summed E-state index contributed by atoms with van der Waals surface area (Å²) in [6.45, 7) is 1.64. The maximum atomic E-state index is 10.7. The molecule has 0 spiro atoms. The van der Waals surface area contributed by atoms with Gasteiger partial charge in [0.2, 0.25) is 0 Å². The summed E-state index contributed by atoms with van der Waals surface area (Å²) in [6.07, 6.45) is -3.88. The van der Waals surface area contributed by atoms with Gasteiger partial charge >= 0.3 is 5.97 Å². The van der Waals surface area contributed by atoms with E-state index in [1.165, 1.54) is 6.92 Å². The van der Waals surface area contributed by atoms with Crippen molar-refractivity contribution >= 4 is 5.97 Å². The van der Waals surface area contributed by atoms with Gasteiger partial charge in [-0.3, -0.25) is 0 Å². The quantitative estimate of drug-likeness (QED) is 0.532. The third kappa shape index (κ3) is 1.92. The number of fused-ring (bicyclic) bond motifs is 2. The standard InChI is InChI=1S/C9H15NO6/c1-3(8(12)13)15-7-5(10)9-14-2-4(16-9)6(7)11/h3-7,9,11H,2,10H2,1H3,(H,12,13)/t3-,4-,5-,6-,7-,9-/m1/s1. The zero-order valence-corrected chi connectivity index (χ0v) is 8.78. The molecule has 7 nitrogen and oxygen atoms in total.